The molecule has 1 aromatic heterocycles. The van der Waals surface area contributed by atoms with Crippen LogP contribution in [0.4, 0.5) is 4.39 Å². The smallest absolute Gasteiger partial charge is 0.139 e. The molecule has 0 radical (unpaired) electrons. The summed E-state index contributed by atoms with van der Waals surface area (Å²) in [7, 11) is 0. The van der Waals surface area contributed by atoms with Gasteiger partial charge in [-0.05, 0) is 29.8 Å². The van der Waals surface area contributed by atoms with Crippen molar-refractivity contribution in [1.29, 1.82) is 10.5 Å². The van der Waals surface area contributed by atoms with E-state index in [0.717, 1.165) is 16.7 Å². The lowest BCUT2D eigenvalue weighted by molar-refractivity contribution is 0.628. The van der Waals surface area contributed by atoms with E-state index in [2.05, 4.69) is 9.97 Å². The molecular weight excluding hydrogens is 315 g/mol. The molecule has 2 aromatic carbocycles. The standard InChI is InChI=1S/C20H9FN4/c21-14-7-5-12(6-8-14)17-11-24-20-18(13(9-22)10-23)15-3-1-2-4-16(15)19(20)25-17/h1-8,11H. The van der Waals surface area contributed by atoms with Crippen LogP contribution >= 0.6 is 0 Å². The molecule has 1 heterocycles. The van der Waals surface area contributed by atoms with Crippen LogP contribution in [0.2, 0.25) is 0 Å². The van der Waals surface area contributed by atoms with Crippen LogP contribution in [0.5, 0.6) is 0 Å². The monoisotopic (exact) mass is 324 g/mol. The second-order valence-electron chi connectivity index (χ2n) is 5.48. The maximum atomic E-state index is 13.1. The molecule has 0 spiro atoms. The lowest BCUT2D eigenvalue weighted by atomic mass is 10.0. The van der Waals surface area contributed by atoms with Crippen molar-refractivity contribution in [3.63, 3.8) is 0 Å². The highest BCUT2D eigenvalue weighted by Gasteiger charge is 2.29. The molecule has 3 aromatic rings. The minimum absolute atomic E-state index is 0.00929. The summed E-state index contributed by atoms with van der Waals surface area (Å²) in [5.74, 6) is -0.318. The predicted molar refractivity (Wildman–Crippen MR) is 90.1 cm³/mol. The lowest BCUT2D eigenvalue weighted by Crippen LogP contribution is -1.94. The molecule has 0 bridgehead atoms. The van der Waals surface area contributed by atoms with E-state index < -0.39 is 0 Å². The number of hydrogen-bond donors (Lipinski definition) is 0. The van der Waals surface area contributed by atoms with E-state index in [1.807, 2.05) is 36.4 Å². The van der Waals surface area contributed by atoms with Gasteiger partial charge in [0.15, 0.2) is 0 Å². The zero-order valence-corrected chi connectivity index (χ0v) is 12.9. The van der Waals surface area contributed by atoms with Gasteiger partial charge in [0.1, 0.15) is 23.5 Å². The van der Waals surface area contributed by atoms with Gasteiger partial charge in [0.05, 0.1) is 23.3 Å². The van der Waals surface area contributed by atoms with E-state index in [1.165, 1.54) is 12.1 Å². The van der Waals surface area contributed by atoms with Crippen LogP contribution in [0.15, 0.2) is 60.3 Å². The third kappa shape index (κ3) is 2.27. The average Bonchev–Trinajstić information content (AvgIpc) is 2.98. The third-order valence-electron chi connectivity index (χ3n) is 4.07. The number of rotatable bonds is 1. The first-order chi connectivity index (χ1) is 12.2. The Bertz CT molecular complexity index is 1100. The number of nitrogens with zero attached hydrogens (tertiary/aromatic N) is 4. The number of hydrogen-bond acceptors (Lipinski definition) is 4. The van der Waals surface area contributed by atoms with Gasteiger partial charge in [0.25, 0.3) is 0 Å². The van der Waals surface area contributed by atoms with Crippen LogP contribution in [0, 0.1) is 28.5 Å². The summed E-state index contributed by atoms with van der Waals surface area (Å²) in [6.45, 7) is 0. The topological polar surface area (TPSA) is 73.4 Å². The van der Waals surface area contributed by atoms with E-state index in [9.17, 15) is 14.9 Å². The summed E-state index contributed by atoms with van der Waals surface area (Å²) in [4.78, 5) is 9.11. The van der Waals surface area contributed by atoms with Crippen molar-refractivity contribution in [2.24, 2.45) is 0 Å². The molecule has 0 saturated carbocycles. The Balaban J connectivity index is 1.98. The molecule has 0 unspecified atom stereocenters. The maximum Gasteiger partial charge on any atom is 0.139 e. The van der Waals surface area contributed by atoms with Crippen LogP contribution < -0.4 is 0 Å². The molecule has 25 heavy (non-hydrogen) atoms. The first kappa shape index (κ1) is 14.7. The van der Waals surface area contributed by atoms with Crippen molar-refractivity contribution in [3.8, 4) is 34.7 Å². The van der Waals surface area contributed by atoms with Crippen molar-refractivity contribution < 1.29 is 4.39 Å². The van der Waals surface area contributed by atoms with Crippen molar-refractivity contribution in [1.82, 2.24) is 9.97 Å². The summed E-state index contributed by atoms with van der Waals surface area (Å²) in [5.41, 5.74) is 4.60. The minimum atomic E-state index is -0.318. The highest BCUT2D eigenvalue weighted by molar-refractivity contribution is 6.01. The van der Waals surface area contributed by atoms with Crippen LogP contribution in [-0.4, -0.2) is 9.97 Å². The molecule has 0 aliphatic heterocycles. The van der Waals surface area contributed by atoms with E-state index in [0.29, 0.717) is 22.7 Å². The Labute approximate surface area is 143 Å². The molecule has 0 amide bonds. The number of fused-ring (bicyclic) bond motifs is 3. The second kappa shape index (κ2) is 5.67. The van der Waals surface area contributed by atoms with Crippen molar-refractivity contribution in [2.75, 3.05) is 0 Å². The molecular formula is C20H9FN4. The van der Waals surface area contributed by atoms with E-state index in [1.54, 1.807) is 18.3 Å². The molecule has 0 N–H and O–H groups in total. The van der Waals surface area contributed by atoms with Gasteiger partial charge >= 0.3 is 0 Å². The first-order valence-corrected chi connectivity index (χ1v) is 7.50. The number of allylic oxidation sites excluding steroid dienone is 1. The van der Waals surface area contributed by atoms with Crippen LogP contribution in [0.3, 0.4) is 0 Å². The molecule has 116 valence electrons. The zero-order valence-electron chi connectivity index (χ0n) is 12.9. The SMILES string of the molecule is N#CC(C#N)=C1c2ccccc2-c2nc(-c3ccc(F)cc3)cnc21. The fourth-order valence-corrected chi connectivity index (χ4v) is 2.94. The third-order valence-corrected chi connectivity index (χ3v) is 4.07. The van der Waals surface area contributed by atoms with Crippen LogP contribution in [0.1, 0.15) is 11.3 Å². The Morgan fingerprint density at radius 2 is 1.56 bits per heavy atom. The van der Waals surface area contributed by atoms with Gasteiger partial charge in [0.2, 0.25) is 0 Å². The Morgan fingerprint density at radius 3 is 2.24 bits per heavy atom. The van der Waals surface area contributed by atoms with E-state index in [-0.39, 0.29) is 11.4 Å². The predicted octanol–water partition coefficient (Wildman–Crippen LogP) is 4.11. The number of halogens is 1. The van der Waals surface area contributed by atoms with Crippen LogP contribution in [0.25, 0.3) is 28.1 Å². The fourth-order valence-electron chi connectivity index (χ4n) is 2.94. The van der Waals surface area contributed by atoms with Gasteiger partial charge in [-0.25, -0.2) is 9.37 Å². The maximum absolute atomic E-state index is 13.1. The highest BCUT2D eigenvalue weighted by atomic mass is 19.1. The highest BCUT2D eigenvalue weighted by Crippen LogP contribution is 2.43. The van der Waals surface area contributed by atoms with Crippen molar-refractivity contribution in [3.05, 3.63) is 77.4 Å². The van der Waals surface area contributed by atoms with Crippen molar-refractivity contribution in [2.45, 2.75) is 0 Å². The summed E-state index contributed by atoms with van der Waals surface area (Å²) in [6, 6.07) is 17.3. The molecule has 0 fully saturated rings. The van der Waals surface area contributed by atoms with Gasteiger partial charge in [0, 0.05) is 16.7 Å². The Morgan fingerprint density at radius 1 is 0.880 bits per heavy atom. The molecule has 0 saturated heterocycles. The second-order valence-corrected chi connectivity index (χ2v) is 5.48. The largest absolute Gasteiger partial charge is 0.252 e. The number of nitriles is 2. The average molecular weight is 324 g/mol. The van der Waals surface area contributed by atoms with E-state index in [4.69, 9.17) is 0 Å². The fraction of sp³-hybridized carbons (Fsp3) is 0. The molecule has 1 aliphatic carbocycles. The molecule has 0 atom stereocenters. The van der Waals surface area contributed by atoms with Gasteiger partial charge < -0.3 is 0 Å². The summed E-state index contributed by atoms with van der Waals surface area (Å²) < 4.78 is 13.1. The summed E-state index contributed by atoms with van der Waals surface area (Å²) >= 11 is 0. The van der Waals surface area contributed by atoms with Crippen LogP contribution in [-0.2, 0) is 0 Å². The molecule has 4 nitrogen and oxygen atoms in total. The summed E-state index contributed by atoms with van der Waals surface area (Å²) in [5, 5.41) is 18.6. The molecule has 4 rings (SSSR count). The summed E-state index contributed by atoms with van der Waals surface area (Å²) in [6.07, 6.45) is 1.57. The quantitative estimate of drug-likeness (QED) is 0.494. The van der Waals surface area contributed by atoms with Crippen molar-refractivity contribution >= 4 is 5.57 Å². The Hall–Kier alpha value is -3.83. The number of benzene rings is 2. The Kier molecular flexibility index (Phi) is 3.34. The van der Waals surface area contributed by atoms with Gasteiger partial charge in [-0.2, -0.15) is 10.5 Å². The number of aromatic nitrogens is 2. The normalized spacial score (nSPS) is 11.2. The lowest BCUT2D eigenvalue weighted by Gasteiger charge is -2.04. The van der Waals surface area contributed by atoms with E-state index >= 15 is 0 Å². The van der Waals surface area contributed by atoms with Gasteiger partial charge in [-0.1, -0.05) is 24.3 Å². The van der Waals surface area contributed by atoms with Gasteiger partial charge in [-0.3, -0.25) is 4.98 Å². The first-order valence-electron chi connectivity index (χ1n) is 7.50. The zero-order chi connectivity index (χ0) is 17.4. The van der Waals surface area contributed by atoms with Gasteiger partial charge in [-0.15, -0.1) is 0 Å². The molecule has 1 aliphatic rings. The molecule has 5 heteroatoms. The minimum Gasteiger partial charge on any atom is -0.252 e.